The maximum Gasteiger partial charge on any atom is 0.183 e. The number of nitrogens with zero attached hydrogens (tertiary/aromatic N) is 4. The molecule has 52 valence electrons. The summed E-state index contributed by atoms with van der Waals surface area (Å²) in [6, 6.07) is 0. The Morgan fingerprint density at radius 1 is 1.90 bits per heavy atom. The number of rotatable bonds is 2. The minimum Gasteiger partial charge on any atom is -0.230 e. The Kier molecular flexibility index (Phi) is 2.50. The first-order valence-electron chi connectivity index (χ1n) is 2.43. The van der Waals surface area contributed by atoms with Crippen LogP contribution in [-0.4, -0.2) is 4.98 Å². The predicted octanol–water partition coefficient (Wildman–Crippen LogP) is 2.61. The van der Waals surface area contributed by atoms with E-state index in [4.69, 9.17) is 17.1 Å². The predicted molar refractivity (Wildman–Crippen MR) is 40.0 cm³/mol. The Bertz CT molecular complexity index is 264. The van der Waals surface area contributed by atoms with Gasteiger partial charge in [-0.25, -0.2) is 4.98 Å². The Morgan fingerprint density at radius 2 is 2.70 bits per heavy atom. The van der Waals surface area contributed by atoms with Gasteiger partial charge in [-0.05, 0) is 5.53 Å². The van der Waals surface area contributed by atoms with Crippen molar-refractivity contribution in [1.29, 1.82) is 0 Å². The van der Waals surface area contributed by atoms with Gasteiger partial charge in [0.25, 0.3) is 0 Å². The maximum absolute atomic E-state index is 7.94. The Labute approximate surface area is 66.1 Å². The van der Waals surface area contributed by atoms with Crippen LogP contribution in [0, 0.1) is 0 Å². The Morgan fingerprint density at radius 3 is 3.20 bits per heavy atom. The molecular formula is C4H3ClN4S. The molecule has 0 amide bonds. The van der Waals surface area contributed by atoms with E-state index in [0.717, 1.165) is 0 Å². The molecule has 0 saturated heterocycles. The summed E-state index contributed by atoms with van der Waals surface area (Å²) in [6.45, 7) is 0.278. The van der Waals surface area contributed by atoms with Crippen molar-refractivity contribution >= 4 is 22.9 Å². The van der Waals surface area contributed by atoms with E-state index >= 15 is 0 Å². The standard InChI is InChI=1S/C4H3ClN4S/c5-4-8-3(2-10-4)1-7-9-6/h2H,1H2. The molecule has 0 fully saturated rings. The van der Waals surface area contributed by atoms with Gasteiger partial charge in [-0.2, -0.15) is 0 Å². The first kappa shape index (κ1) is 7.34. The molecule has 4 nitrogen and oxygen atoms in total. The van der Waals surface area contributed by atoms with E-state index in [2.05, 4.69) is 15.0 Å². The van der Waals surface area contributed by atoms with Crippen LogP contribution in [0.2, 0.25) is 4.47 Å². The average Bonchev–Trinajstić information content (AvgIpc) is 2.31. The van der Waals surface area contributed by atoms with E-state index < -0.39 is 0 Å². The number of hydrogen-bond acceptors (Lipinski definition) is 3. The van der Waals surface area contributed by atoms with Gasteiger partial charge in [0.15, 0.2) is 4.47 Å². The van der Waals surface area contributed by atoms with E-state index in [1.807, 2.05) is 0 Å². The molecule has 0 radical (unpaired) electrons. The van der Waals surface area contributed by atoms with Crippen molar-refractivity contribution in [2.75, 3.05) is 0 Å². The van der Waals surface area contributed by atoms with Crippen molar-refractivity contribution in [2.24, 2.45) is 5.11 Å². The minimum atomic E-state index is 0.278. The number of hydrogen-bond donors (Lipinski definition) is 0. The first-order chi connectivity index (χ1) is 4.83. The second kappa shape index (κ2) is 3.41. The molecule has 0 N–H and O–H groups in total. The molecule has 1 aromatic rings. The second-order valence-corrected chi connectivity index (χ2v) is 2.92. The largest absolute Gasteiger partial charge is 0.230 e. The molecule has 0 aliphatic heterocycles. The van der Waals surface area contributed by atoms with Gasteiger partial charge in [0.05, 0.1) is 12.2 Å². The van der Waals surface area contributed by atoms with Crippen molar-refractivity contribution in [3.8, 4) is 0 Å². The molecule has 0 unspecified atom stereocenters. The molecule has 0 aromatic carbocycles. The summed E-state index contributed by atoms with van der Waals surface area (Å²) in [7, 11) is 0. The lowest BCUT2D eigenvalue weighted by atomic mass is 10.5. The SMILES string of the molecule is [N-]=[N+]=NCc1csc(Cl)n1. The lowest BCUT2D eigenvalue weighted by Crippen LogP contribution is -1.76. The zero-order valence-electron chi connectivity index (χ0n) is 4.86. The molecule has 0 spiro atoms. The summed E-state index contributed by atoms with van der Waals surface area (Å²) in [5.41, 5.74) is 8.65. The van der Waals surface area contributed by atoms with Crippen molar-refractivity contribution in [2.45, 2.75) is 6.54 Å². The van der Waals surface area contributed by atoms with Gasteiger partial charge in [0, 0.05) is 10.3 Å². The van der Waals surface area contributed by atoms with Crippen LogP contribution in [0.3, 0.4) is 0 Å². The highest BCUT2D eigenvalue weighted by atomic mass is 35.5. The van der Waals surface area contributed by atoms with Crippen LogP contribution in [-0.2, 0) is 6.54 Å². The second-order valence-electron chi connectivity index (χ2n) is 1.48. The monoisotopic (exact) mass is 174 g/mol. The fourth-order valence-electron chi connectivity index (χ4n) is 0.459. The fraction of sp³-hybridized carbons (Fsp3) is 0.250. The summed E-state index contributed by atoms with van der Waals surface area (Å²) in [4.78, 5) is 6.45. The zero-order chi connectivity index (χ0) is 7.40. The molecule has 10 heavy (non-hydrogen) atoms. The van der Waals surface area contributed by atoms with Gasteiger partial charge in [-0.3, -0.25) is 0 Å². The quantitative estimate of drug-likeness (QED) is 0.386. The third kappa shape index (κ3) is 1.88. The number of aromatic nitrogens is 1. The molecular weight excluding hydrogens is 172 g/mol. The van der Waals surface area contributed by atoms with Crippen molar-refractivity contribution in [3.63, 3.8) is 0 Å². The fourth-order valence-corrected chi connectivity index (χ4v) is 1.23. The summed E-state index contributed by atoms with van der Waals surface area (Å²) in [6.07, 6.45) is 0. The van der Waals surface area contributed by atoms with Gasteiger partial charge in [-0.1, -0.05) is 16.7 Å². The smallest absolute Gasteiger partial charge is 0.183 e. The van der Waals surface area contributed by atoms with Gasteiger partial charge >= 0.3 is 0 Å². The van der Waals surface area contributed by atoms with Crippen molar-refractivity contribution in [3.05, 3.63) is 26.0 Å². The molecule has 0 saturated carbocycles. The van der Waals surface area contributed by atoms with E-state index in [1.54, 1.807) is 5.38 Å². The Hall–Kier alpha value is -0.770. The molecule has 1 aromatic heterocycles. The maximum atomic E-state index is 7.94. The van der Waals surface area contributed by atoms with Crippen molar-refractivity contribution < 1.29 is 0 Å². The molecule has 0 aliphatic carbocycles. The molecule has 6 heteroatoms. The molecule has 1 heterocycles. The lowest BCUT2D eigenvalue weighted by molar-refractivity contribution is 0.995. The summed E-state index contributed by atoms with van der Waals surface area (Å²) >= 11 is 6.84. The lowest BCUT2D eigenvalue weighted by Gasteiger charge is -1.80. The summed E-state index contributed by atoms with van der Waals surface area (Å²) in [5, 5.41) is 5.08. The average molecular weight is 175 g/mol. The zero-order valence-corrected chi connectivity index (χ0v) is 6.43. The van der Waals surface area contributed by atoms with E-state index in [9.17, 15) is 0 Å². The highest BCUT2D eigenvalue weighted by molar-refractivity contribution is 7.13. The summed E-state index contributed by atoms with van der Waals surface area (Å²) < 4.78 is 0.475. The van der Waals surface area contributed by atoms with E-state index in [0.29, 0.717) is 10.2 Å². The van der Waals surface area contributed by atoms with E-state index in [-0.39, 0.29) is 6.54 Å². The molecule has 0 bridgehead atoms. The van der Waals surface area contributed by atoms with Crippen LogP contribution in [0.4, 0.5) is 0 Å². The first-order valence-corrected chi connectivity index (χ1v) is 3.69. The van der Waals surface area contributed by atoms with Gasteiger partial charge in [0.2, 0.25) is 0 Å². The third-order valence-electron chi connectivity index (χ3n) is 0.820. The summed E-state index contributed by atoms with van der Waals surface area (Å²) in [5.74, 6) is 0. The molecule has 0 atom stereocenters. The van der Waals surface area contributed by atoms with Crippen molar-refractivity contribution in [1.82, 2.24) is 4.98 Å². The van der Waals surface area contributed by atoms with Crippen LogP contribution >= 0.6 is 22.9 Å². The van der Waals surface area contributed by atoms with Gasteiger partial charge in [0.1, 0.15) is 0 Å². The highest BCUT2D eigenvalue weighted by Crippen LogP contribution is 2.15. The van der Waals surface area contributed by atoms with Gasteiger partial charge < -0.3 is 0 Å². The van der Waals surface area contributed by atoms with Crippen LogP contribution < -0.4 is 0 Å². The highest BCUT2D eigenvalue weighted by Gasteiger charge is 1.95. The minimum absolute atomic E-state index is 0.278. The molecule has 0 aliphatic rings. The van der Waals surface area contributed by atoms with E-state index in [1.165, 1.54) is 11.3 Å². The number of thiazole rings is 1. The normalized spacial score (nSPS) is 8.90. The van der Waals surface area contributed by atoms with Crippen LogP contribution in [0.15, 0.2) is 10.5 Å². The van der Waals surface area contributed by atoms with Crippen LogP contribution in [0.25, 0.3) is 10.4 Å². The molecule has 1 rings (SSSR count). The number of azide groups is 1. The third-order valence-corrected chi connectivity index (χ3v) is 1.85. The van der Waals surface area contributed by atoms with Crippen LogP contribution in [0.1, 0.15) is 5.69 Å². The van der Waals surface area contributed by atoms with Gasteiger partial charge in [-0.15, -0.1) is 11.3 Å². The topological polar surface area (TPSA) is 61.7 Å². The van der Waals surface area contributed by atoms with Crippen LogP contribution in [0.5, 0.6) is 0 Å². The Balaban J connectivity index is 2.66. The number of halogens is 1.